The van der Waals surface area contributed by atoms with E-state index in [0.29, 0.717) is 5.54 Å². The van der Waals surface area contributed by atoms with Crippen molar-refractivity contribution < 1.29 is 0 Å². The van der Waals surface area contributed by atoms with Crippen LogP contribution in [0.1, 0.15) is 49.1 Å². The van der Waals surface area contributed by atoms with E-state index in [0.717, 1.165) is 11.8 Å². The molecule has 1 saturated heterocycles. The van der Waals surface area contributed by atoms with Crippen molar-refractivity contribution in [1.29, 1.82) is 0 Å². The molecule has 4 rings (SSSR count). The highest BCUT2D eigenvalue weighted by atomic mass is 15.0. The molecule has 17 heavy (non-hydrogen) atoms. The Bertz CT molecular complexity index is 427. The highest BCUT2D eigenvalue weighted by Crippen LogP contribution is 2.51. The molecule has 1 nitrogen and oxygen atoms in total. The largest absolute Gasteiger partial charge is 0.311 e. The number of benzene rings is 1. The number of fused-ring (bicyclic) bond motifs is 1. The summed E-state index contributed by atoms with van der Waals surface area (Å²) >= 11 is 0. The van der Waals surface area contributed by atoms with Crippen LogP contribution in [0.3, 0.4) is 0 Å². The zero-order chi connectivity index (χ0) is 11.3. The number of hydrogen-bond donors (Lipinski definition) is 1. The van der Waals surface area contributed by atoms with E-state index in [9.17, 15) is 0 Å². The van der Waals surface area contributed by atoms with Gasteiger partial charge in [-0.3, -0.25) is 0 Å². The molecule has 0 bridgehead atoms. The highest BCUT2D eigenvalue weighted by molar-refractivity contribution is 5.40. The smallest absolute Gasteiger partial charge is 0.0216 e. The van der Waals surface area contributed by atoms with Gasteiger partial charge >= 0.3 is 0 Å². The fourth-order valence-corrected chi connectivity index (χ4v) is 4.14. The molecule has 1 aromatic carbocycles. The fourth-order valence-electron chi connectivity index (χ4n) is 4.14. The van der Waals surface area contributed by atoms with E-state index in [-0.39, 0.29) is 0 Å². The molecule has 1 N–H and O–H groups in total. The van der Waals surface area contributed by atoms with Crippen molar-refractivity contribution in [3.8, 4) is 0 Å². The molecule has 1 heteroatoms. The van der Waals surface area contributed by atoms with E-state index in [1.165, 1.54) is 45.1 Å². The number of nitrogens with one attached hydrogen (secondary N) is 1. The molecule has 0 amide bonds. The van der Waals surface area contributed by atoms with Crippen molar-refractivity contribution in [1.82, 2.24) is 5.32 Å². The second-order valence-electron chi connectivity index (χ2n) is 6.26. The molecule has 2 aliphatic carbocycles. The van der Waals surface area contributed by atoms with Gasteiger partial charge in [0.2, 0.25) is 0 Å². The normalized spacial score (nSPS) is 35.4. The molecule has 1 aromatic rings. The van der Waals surface area contributed by atoms with Gasteiger partial charge in [-0.25, -0.2) is 0 Å². The molecule has 0 aromatic heterocycles. The monoisotopic (exact) mass is 227 g/mol. The summed E-state index contributed by atoms with van der Waals surface area (Å²) in [6.07, 6.45) is 8.49. The molecule has 2 atom stereocenters. The lowest BCUT2D eigenvalue weighted by Gasteiger charge is -2.39. The third kappa shape index (κ3) is 1.55. The molecule has 2 unspecified atom stereocenters. The van der Waals surface area contributed by atoms with Gasteiger partial charge in [0, 0.05) is 5.54 Å². The first-order valence-corrected chi connectivity index (χ1v) is 7.20. The van der Waals surface area contributed by atoms with Crippen molar-refractivity contribution in [2.75, 3.05) is 6.54 Å². The Morgan fingerprint density at radius 1 is 1.24 bits per heavy atom. The molecule has 1 aliphatic heterocycles. The highest BCUT2D eigenvalue weighted by Gasteiger charge is 2.48. The summed E-state index contributed by atoms with van der Waals surface area (Å²) in [5, 5.41) is 3.86. The Kier molecular flexibility index (Phi) is 2.14. The lowest BCUT2D eigenvalue weighted by molar-refractivity contribution is 0.269. The summed E-state index contributed by atoms with van der Waals surface area (Å²) in [7, 11) is 0. The summed E-state index contributed by atoms with van der Waals surface area (Å²) in [6.45, 7) is 1.25. The average molecular weight is 227 g/mol. The quantitative estimate of drug-likeness (QED) is 0.836. The predicted octanol–water partition coefficient (Wildman–Crippen LogP) is 3.25. The van der Waals surface area contributed by atoms with Gasteiger partial charge in [-0.1, -0.05) is 24.3 Å². The zero-order valence-electron chi connectivity index (χ0n) is 10.4. The number of rotatable bonds is 3. The first-order valence-electron chi connectivity index (χ1n) is 7.20. The van der Waals surface area contributed by atoms with E-state index >= 15 is 0 Å². The van der Waals surface area contributed by atoms with Crippen LogP contribution in [-0.2, 0) is 6.42 Å². The van der Waals surface area contributed by atoms with Gasteiger partial charge in [0.1, 0.15) is 0 Å². The van der Waals surface area contributed by atoms with Gasteiger partial charge in [-0.05, 0) is 68.0 Å². The van der Waals surface area contributed by atoms with Crippen molar-refractivity contribution in [3.05, 3.63) is 35.4 Å². The average Bonchev–Trinajstić information content (AvgIpc) is 3.08. The summed E-state index contributed by atoms with van der Waals surface area (Å²) < 4.78 is 0. The maximum absolute atomic E-state index is 3.86. The molecule has 0 spiro atoms. The molecule has 3 aliphatic rings. The molecule has 1 heterocycles. The molecular formula is C16H21N. The van der Waals surface area contributed by atoms with Crippen LogP contribution in [0.4, 0.5) is 0 Å². The Morgan fingerprint density at radius 3 is 2.82 bits per heavy atom. The molecule has 90 valence electrons. The van der Waals surface area contributed by atoms with E-state index in [4.69, 9.17) is 0 Å². The minimum atomic E-state index is 0.526. The van der Waals surface area contributed by atoms with Crippen LogP contribution in [0, 0.1) is 5.92 Å². The Labute approximate surface area is 104 Å². The maximum atomic E-state index is 3.86. The van der Waals surface area contributed by atoms with Crippen molar-refractivity contribution in [2.24, 2.45) is 5.92 Å². The number of hydrogen-bond acceptors (Lipinski definition) is 1. The molecule has 1 saturated carbocycles. The van der Waals surface area contributed by atoms with Crippen LogP contribution in [0.15, 0.2) is 24.3 Å². The third-order valence-corrected chi connectivity index (χ3v) is 5.21. The Hall–Kier alpha value is -0.820. The lowest BCUT2D eigenvalue weighted by Crippen LogP contribution is -2.44. The lowest BCUT2D eigenvalue weighted by atomic mass is 9.69. The minimum absolute atomic E-state index is 0.526. The van der Waals surface area contributed by atoms with Gasteiger partial charge in [-0.2, -0.15) is 0 Å². The predicted molar refractivity (Wildman–Crippen MR) is 70.2 cm³/mol. The maximum Gasteiger partial charge on any atom is 0.0216 e. The summed E-state index contributed by atoms with van der Waals surface area (Å²) in [4.78, 5) is 0. The van der Waals surface area contributed by atoms with Gasteiger partial charge in [0.15, 0.2) is 0 Å². The fraction of sp³-hybridized carbons (Fsp3) is 0.625. The second-order valence-corrected chi connectivity index (χ2v) is 6.26. The van der Waals surface area contributed by atoms with Crippen molar-refractivity contribution in [3.63, 3.8) is 0 Å². The summed E-state index contributed by atoms with van der Waals surface area (Å²) in [5.74, 6) is 1.84. The van der Waals surface area contributed by atoms with Crippen molar-refractivity contribution >= 4 is 0 Å². The van der Waals surface area contributed by atoms with Gasteiger partial charge < -0.3 is 5.32 Å². The van der Waals surface area contributed by atoms with Crippen molar-refractivity contribution in [2.45, 2.75) is 50.0 Å². The van der Waals surface area contributed by atoms with Crippen LogP contribution in [0.2, 0.25) is 0 Å². The first-order chi connectivity index (χ1) is 8.37. The first kappa shape index (κ1) is 10.1. The Morgan fingerprint density at radius 2 is 2.12 bits per heavy atom. The van der Waals surface area contributed by atoms with E-state index in [1.807, 2.05) is 0 Å². The minimum Gasteiger partial charge on any atom is -0.311 e. The standard InChI is InChI=1S/C16H21N/c1-2-5-15-12(4-1)10-13(15)11-16(14-6-7-14)8-3-9-17-16/h1-2,4-5,13-14,17H,3,6-11H2. The van der Waals surface area contributed by atoms with Crippen LogP contribution < -0.4 is 5.32 Å². The zero-order valence-corrected chi connectivity index (χ0v) is 10.4. The SMILES string of the molecule is c1ccc2c(c1)CC2CC1(C2CC2)CCCN1. The van der Waals surface area contributed by atoms with Crippen LogP contribution in [-0.4, -0.2) is 12.1 Å². The molecule has 2 fully saturated rings. The summed E-state index contributed by atoms with van der Waals surface area (Å²) in [6, 6.07) is 9.03. The molecular weight excluding hydrogens is 206 g/mol. The van der Waals surface area contributed by atoms with E-state index in [2.05, 4.69) is 29.6 Å². The van der Waals surface area contributed by atoms with Crippen LogP contribution in [0.5, 0.6) is 0 Å². The summed E-state index contributed by atoms with van der Waals surface area (Å²) in [5.41, 5.74) is 3.76. The van der Waals surface area contributed by atoms with E-state index < -0.39 is 0 Å². The van der Waals surface area contributed by atoms with Gasteiger partial charge in [0.05, 0.1) is 0 Å². The van der Waals surface area contributed by atoms with Crippen LogP contribution in [0.25, 0.3) is 0 Å². The second kappa shape index (κ2) is 3.58. The van der Waals surface area contributed by atoms with Crippen LogP contribution >= 0.6 is 0 Å². The van der Waals surface area contributed by atoms with Gasteiger partial charge in [-0.15, -0.1) is 0 Å². The molecule has 0 radical (unpaired) electrons. The Balaban J connectivity index is 1.54. The van der Waals surface area contributed by atoms with Gasteiger partial charge in [0.25, 0.3) is 0 Å². The third-order valence-electron chi connectivity index (χ3n) is 5.21. The topological polar surface area (TPSA) is 12.0 Å². The van der Waals surface area contributed by atoms with E-state index in [1.54, 1.807) is 11.1 Å².